The zero-order valence-electron chi connectivity index (χ0n) is 9.59. The quantitative estimate of drug-likeness (QED) is 0.482. The molecule has 0 aliphatic carbocycles. The van der Waals surface area contributed by atoms with Crippen LogP contribution in [0.15, 0.2) is 51.9 Å². The highest BCUT2D eigenvalue weighted by molar-refractivity contribution is 9.10. The highest BCUT2D eigenvalue weighted by Crippen LogP contribution is 2.22. The molecule has 0 atom stereocenters. The van der Waals surface area contributed by atoms with Gasteiger partial charge in [-0.1, -0.05) is 15.9 Å². The molecule has 2 aromatic rings. The second kappa shape index (κ2) is 5.71. The Bertz CT molecular complexity index is 642. The molecule has 0 amide bonds. The van der Waals surface area contributed by atoms with E-state index in [0.29, 0.717) is 11.3 Å². The van der Waals surface area contributed by atoms with Gasteiger partial charge in [-0.15, -0.1) is 0 Å². The van der Waals surface area contributed by atoms with Gasteiger partial charge >= 0.3 is 0 Å². The minimum atomic E-state index is -0.474. The summed E-state index contributed by atoms with van der Waals surface area (Å²) in [5, 5.41) is 10.9. The average Bonchev–Trinajstić information content (AvgIpc) is 2.38. The van der Waals surface area contributed by atoms with Gasteiger partial charge in [0.1, 0.15) is 5.82 Å². The molecule has 2 rings (SSSR count). The topological polar surface area (TPSA) is 55.5 Å². The number of hydrogen-bond acceptors (Lipinski definition) is 3. The number of aliphatic imine (C=N–C) groups is 1. The van der Waals surface area contributed by atoms with Gasteiger partial charge in [-0.2, -0.15) is 0 Å². The first-order chi connectivity index (χ1) is 9.06. The normalized spacial score (nSPS) is 10.8. The third kappa shape index (κ3) is 3.45. The molecule has 0 unspecified atom stereocenters. The summed E-state index contributed by atoms with van der Waals surface area (Å²) in [6, 6.07) is 10.1. The molecule has 0 heterocycles. The fourth-order valence-corrected chi connectivity index (χ4v) is 1.85. The van der Waals surface area contributed by atoms with Crippen LogP contribution in [0.2, 0.25) is 0 Å². The molecule has 0 bridgehead atoms. The van der Waals surface area contributed by atoms with Gasteiger partial charge in [-0.3, -0.25) is 15.1 Å². The third-order valence-electron chi connectivity index (χ3n) is 2.37. The van der Waals surface area contributed by atoms with Gasteiger partial charge in [0.2, 0.25) is 0 Å². The molecule has 6 heteroatoms. The zero-order chi connectivity index (χ0) is 13.8. The minimum Gasteiger partial charge on any atom is -0.258 e. The van der Waals surface area contributed by atoms with E-state index in [1.165, 1.54) is 36.5 Å². The number of benzene rings is 2. The Kier molecular flexibility index (Phi) is 4.01. The van der Waals surface area contributed by atoms with Crippen molar-refractivity contribution in [3.05, 3.63) is 68.4 Å². The number of halogens is 2. The molecule has 0 spiro atoms. The van der Waals surface area contributed by atoms with Crippen LogP contribution in [0.25, 0.3) is 0 Å². The Morgan fingerprint density at radius 2 is 1.89 bits per heavy atom. The monoisotopic (exact) mass is 322 g/mol. The SMILES string of the molecule is O=[N+]([O-])c1ccc(Br)cc1C=Nc1ccc(F)cc1. The van der Waals surface area contributed by atoms with E-state index < -0.39 is 4.92 Å². The molecule has 0 fully saturated rings. The lowest BCUT2D eigenvalue weighted by atomic mass is 10.2. The van der Waals surface area contributed by atoms with Crippen molar-refractivity contribution in [1.29, 1.82) is 0 Å². The lowest BCUT2D eigenvalue weighted by Crippen LogP contribution is -1.94. The summed E-state index contributed by atoms with van der Waals surface area (Å²) in [6.45, 7) is 0. The first-order valence-corrected chi connectivity index (χ1v) is 6.09. The predicted molar refractivity (Wildman–Crippen MR) is 74.5 cm³/mol. The first-order valence-electron chi connectivity index (χ1n) is 5.30. The summed E-state index contributed by atoms with van der Waals surface area (Å²) in [6.07, 6.45) is 1.39. The van der Waals surface area contributed by atoms with Crippen molar-refractivity contribution >= 4 is 33.5 Å². The summed E-state index contributed by atoms with van der Waals surface area (Å²) in [5.41, 5.74) is 0.869. The molecule has 0 aliphatic heterocycles. The maximum Gasteiger partial charge on any atom is 0.278 e. The molecule has 0 saturated carbocycles. The second-order valence-electron chi connectivity index (χ2n) is 3.69. The largest absolute Gasteiger partial charge is 0.278 e. The highest BCUT2D eigenvalue weighted by Gasteiger charge is 2.11. The smallest absolute Gasteiger partial charge is 0.258 e. The van der Waals surface area contributed by atoms with Gasteiger partial charge in [-0.05, 0) is 36.4 Å². The summed E-state index contributed by atoms with van der Waals surface area (Å²) in [5.74, 6) is -0.354. The third-order valence-corrected chi connectivity index (χ3v) is 2.86. The number of nitro groups is 1. The van der Waals surface area contributed by atoms with Crippen LogP contribution in [-0.4, -0.2) is 11.1 Å². The average molecular weight is 323 g/mol. The fourth-order valence-electron chi connectivity index (χ4n) is 1.47. The van der Waals surface area contributed by atoms with E-state index in [2.05, 4.69) is 20.9 Å². The summed E-state index contributed by atoms with van der Waals surface area (Å²) < 4.78 is 13.4. The molecule has 0 aliphatic rings. The molecule has 0 radical (unpaired) electrons. The Labute approximate surface area is 116 Å². The van der Waals surface area contributed by atoms with Gasteiger partial charge in [0.25, 0.3) is 5.69 Å². The van der Waals surface area contributed by atoms with E-state index in [9.17, 15) is 14.5 Å². The Morgan fingerprint density at radius 1 is 1.21 bits per heavy atom. The molecular weight excluding hydrogens is 315 g/mol. The Morgan fingerprint density at radius 3 is 2.53 bits per heavy atom. The first kappa shape index (κ1) is 13.4. The molecular formula is C13H8BrFN2O2. The van der Waals surface area contributed by atoms with Gasteiger partial charge in [-0.25, -0.2) is 4.39 Å². The van der Waals surface area contributed by atoms with E-state index in [4.69, 9.17) is 0 Å². The summed E-state index contributed by atoms with van der Waals surface area (Å²) in [4.78, 5) is 14.5. The molecule has 0 N–H and O–H groups in total. The van der Waals surface area contributed by atoms with Crippen LogP contribution < -0.4 is 0 Å². The summed E-state index contributed by atoms with van der Waals surface area (Å²) in [7, 11) is 0. The van der Waals surface area contributed by atoms with Crippen molar-refractivity contribution in [1.82, 2.24) is 0 Å². The second-order valence-corrected chi connectivity index (χ2v) is 4.61. The van der Waals surface area contributed by atoms with Crippen LogP contribution in [-0.2, 0) is 0 Å². The fraction of sp³-hybridized carbons (Fsp3) is 0. The van der Waals surface area contributed by atoms with E-state index >= 15 is 0 Å². The molecule has 2 aromatic carbocycles. The maximum absolute atomic E-state index is 12.7. The van der Waals surface area contributed by atoms with Crippen molar-refractivity contribution in [2.45, 2.75) is 0 Å². The molecule has 19 heavy (non-hydrogen) atoms. The van der Waals surface area contributed by atoms with E-state index in [1.54, 1.807) is 12.1 Å². The van der Waals surface area contributed by atoms with E-state index in [0.717, 1.165) is 4.47 Å². The van der Waals surface area contributed by atoms with Crippen molar-refractivity contribution in [2.75, 3.05) is 0 Å². The van der Waals surface area contributed by atoms with Crippen LogP contribution in [0.3, 0.4) is 0 Å². The Hall–Kier alpha value is -2.08. The van der Waals surface area contributed by atoms with Crippen LogP contribution in [0, 0.1) is 15.9 Å². The van der Waals surface area contributed by atoms with Gasteiger partial charge < -0.3 is 0 Å². The molecule has 96 valence electrons. The lowest BCUT2D eigenvalue weighted by molar-refractivity contribution is -0.385. The van der Waals surface area contributed by atoms with Crippen LogP contribution in [0.1, 0.15) is 5.56 Å². The van der Waals surface area contributed by atoms with Gasteiger partial charge in [0, 0.05) is 16.8 Å². The van der Waals surface area contributed by atoms with E-state index in [-0.39, 0.29) is 11.5 Å². The maximum atomic E-state index is 12.7. The van der Waals surface area contributed by atoms with Crippen LogP contribution in [0.4, 0.5) is 15.8 Å². The number of nitro benzene ring substituents is 1. The van der Waals surface area contributed by atoms with Crippen molar-refractivity contribution in [2.24, 2.45) is 4.99 Å². The Balaban J connectivity index is 2.34. The zero-order valence-corrected chi connectivity index (χ0v) is 11.2. The predicted octanol–water partition coefficient (Wildman–Crippen LogP) is 4.25. The minimum absolute atomic E-state index is 0.0333. The van der Waals surface area contributed by atoms with E-state index in [1.807, 2.05) is 0 Å². The van der Waals surface area contributed by atoms with Crippen LogP contribution in [0.5, 0.6) is 0 Å². The standard InChI is InChI=1S/C13H8BrFN2O2/c14-10-1-6-13(17(18)19)9(7-10)8-16-12-4-2-11(15)3-5-12/h1-8H. The van der Waals surface area contributed by atoms with Crippen molar-refractivity contribution in [3.8, 4) is 0 Å². The van der Waals surface area contributed by atoms with Crippen LogP contribution >= 0.6 is 15.9 Å². The number of nitrogens with zero attached hydrogens (tertiary/aromatic N) is 2. The lowest BCUT2D eigenvalue weighted by Gasteiger charge is -1.98. The number of rotatable bonds is 3. The summed E-state index contributed by atoms with van der Waals surface area (Å²) >= 11 is 3.25. The molecule has 4 nitrogen and oxygen atoms in total. The molecule has 0 aromatic heterocycles. The van der Waals surface area contributed by atoms with Crippen molar-refractivity contribution < 1.29 is 9.31 Å². The molecule has 0 saturated heterocycles. The highest BCUT2D eigenvalue weighted by atomic mass is 79.9. The number of hydrogen-bond donors (Lipinski definition) is 0. The van der Waals surface area contributed by atoms with Crippen molar-refractivity contribution in [3.63, 3.8) is 0 Å². The van der Waals surface area contributed by atoms with Gasteiger partial charge in [0.15, 0.2) is 0 Å². The van der Waals surface area contributed by atoms with Gasteiger partial charge in [0.05, 0.1) is 16.2 Å².